The number of amides is 1. The van der Waals surface area contributed by atoms with E-state index in [0.29, 0.717) is 24.5 Å². The third kappa shape index (κ3) is 5.39. The number of nitrogens with one attached hydrogen (secondary N) is 1. The van der Waals surface area contributed by atoms with Gasteiger partial charge in [0.1, 0.15) is 17.1 Å². The number of halogens is 1. The number of hydrogen-bond donors (Lipinski definition) is 1. The van der Waals surface area contributed by atoms with E-state index in [4.69, 9.17) is 21.1 Å². The zero-order chi connectivity index (χ0) is 19.4. The van der Waals surface area contributed by atoms with Crippen LogP contribution in [0, 0.1) is 6.92 Å². The molecule has 0 unspecified atom stereocenters. The predicted octanol–water partition coefficient (Wildman–Crippen LogP) is 5.23. The normalized spacial score (nSPS) is 17.6. The lowest BCUT2D eigenvalue weighted by Crippen LogP contribution is -2.41. The summed E-state index contributed by atoms with van der Waals surface area (Å²) in [5, 5.41) is 3.85. The lowest BCUT2D eigenvalue weighted by Gasteiger charge is -2.38. The van der Waals surface area contributed by atoms with Crippen LogP contribution < -0.4 is 14.8 Å². The van der Waals surface area contributed by atoms with E-state index in [0.717, 1.165) is 29.0 Å². The molecule has 0 saturated heterocycles. The van der Waals surface area contributed by atoms with Crippen LogP contribution in [0.5, 0.6) is 11.5 Å². The molecule has 1 atom stereocenters. The maximum absolute atomic E-state index is 12.4. The van der Waals surface area contributed by atoms with Gasteiger partial charge < -0.3 is 14.8 Å². The molecule has 0 radical (unpaired) electrons. The molecule has 0 saturated carbocycles. The molecule has 4 nitrogen and oxygen atoms in total. The van der Waals surface area contributed by atoms with Crippen molar-refractivity contribution >= 4 is 17.5 Å². The first-order chi connectivity index (χ1) is 12.8. The lowest BCUT2D eigenvalue weighted by atomic mass is 9.89. The first kappa shape index (κ1) is 19.6. The molecule has 0 aliphatic carbocycles. The molecular formula is C22H26ClNO3. The zero-order valence-corrected chi connectivity index (χ0v) is 16.8. The van der Waals surface area contributed by atoms with E-state index in [1.165, 1.54) is 0 Å². The van der Waals surface area contributed by atoms with Gasteiger partial charge in [-0.25, -0.2) is 0 Å². The van der Waals surface area contributed by atoms with Gasteiger partial charge in [-0.2, -0.15) is 0 Å². The second-order valence-electron chi connectivity index (χ2n) is 7.63. The summed E-state index contributed by atoms with van der Waals surface area (Å²) in [7, 11) is 0. The van der Waals surface area contributed by atoms with Crippen molar-refractivity contribution < 1.29 is 14.3 Å². The summed E-state index contributed by atoms with van der Waals surface area (Å²) < 4.78 is 11.7. The van der Waals surface area contributed by atoms with Crippen LogP contribution in [0.25, 0.3) is 0 Å². The Kier molecular flexibility index (Phi) is 5.95. The van der Waals surface area contributed by atoms with Crippen molar-refractivity contribution in [2.75, 3.05) is 6.61 Å². The van der Waals surface area contributed by atoms with E-state index in [9.17, 15) is 4.79 Å². The average Bonchev–Trinajstić information content (AvgIpc) is 2.60. The number of carbonyl (C=O) groups excluding carboxylic acids is 1. The van der Waals surface area contributed by atoms with Crippen LogP contribution in [0.2, 0.25) is 5.02 Å². The summed E-state index contributed by atoms with van der Waals surface area (Å²) in [6.07, 6.45) is 1.82. The van der Waals surface area contributed by atoms with Gasteiger partial charge in [0.15, 0.2) is 0 Å². The fourth-order valence-corrected chi connectivity index (χ4v) is 3.45. The van der Waals surface area contributed by atoms with Gasteiger partial charge in [-0.15, -0.1) is 0 Å². The largest absolute Gasteiger partial charge is 0.494 e. The molecule has 1 aliphatic rings. The third-order valence-corrected chi connectivity index (χ3v) is 4.84. The highest BCUT2D eigenvalue weighted by atomic mass is 35.5. The van der Waals surface area contributed by atoms with Gasteiger partial charge >= 0.3 is 0 Å². The smallest absolute Gasteiger partial charge is 0.220 e. The van der Waals surface area contributed by atoms with Crippen molar-refractivity contribution in [2.45, 2.75) is 51.7 Å². The van der Waals surface area contributed by atoms with E-state index in [2.05, 4.69) is 25.2 Å². The molecule has 2 aromatic rings. The first-order valence-corrected chi connectivity index (χ1v) is 9.67. The highest BCUT2D eigenvalue weighted by Gasteiger charge is 2.34. The fraction of sp³-hybridized carbons (Fsp3) is 0.409. The van der Waals surface area contributed by atoms with Gasteiger partial charge in [0.25, 0.3) is 0 Å². The van der Waals surface area contributed by atoms with E-state index in [1.807, 2.05) is 31.2 Å². The minimum Gasteiger partial charge on any atom is -0.494 e. The summed E-state index contributed by atoms with van der Waals surface area (Å²) >= 11 is 5.86. The maximum Gasteiger partial charge on any atom is 0.220 e. The molecule has 3 rings (SSSR count). The van der Waals surface area contributed by atoms with Gasteiger partial charge in [-0.1, -0.05) is 29.3 Å². The molecular weight excluding hydrogens is 362 g/mol. The Morgan fingerprint density at radius 3 is 2.74 bits per heavy atom. The van der Waals surface area contributed by atoms with Crippen molar-refractivity contribution in [3.8, 4) is 11.5 Å². The van der Waals surface area contributed by atoms with Crippen LogP contribution >= 0.6 is 11.6 Å². The quantitative estimate of drug-likeness (QED) is 0.690. The van der Waals surface area contributed by atoms with E-state index in [-0.39, 0.29) is 17.6 Å². The van der Waals surface area contributed by atoms with Crippen LogP contribution in [0.1, 0.15) is 50.3 Å². The second-order valence-corrected chi connectivity index (χ2v) is 8.07. The van der Waals surface area contributed by atoms with Crippen LogP contribution in [0.3, 0.4) is 0 Å². The van der Waals surface area contributed by atoms with E-state index in [1.54, 1.807) is 12.1 Å². The highest BCUT2D eigenvalue weighted by molar-refractivity contribution is 6.30. The molecule has 0 aromatic heterocycles. The molecule has 1 aliphatic heterocycles. The van der Waals surface area contributed by atoms with E-state index < -0.39 is 0 Å². The molecule has 2 aromatic carbocycles. The molecule has 1 N–H and O–H groups in total. The number of hydrogen-bond acceptors (Lipinski definition) is 3. The molecule has 0 spiro atoms. The molecule has 5 heteroatoms. The summed E-state index contributed by atoms with van der Waals surface area (Å²) in [6.45, 7) is 6.64. The van der Waals surface area contributed by atoms with Crippen molar-refractivity contribution in [1.82, 2.24) is 5.32 Å². The number of benzene rings is 2. The summed E-state index contributed by atoms with van der Waals surface area (Å²) in [6, 6.07) is 13.3. The summed E-state index contributed by atoms with van der Waals surface area (Å²) in [4.78, 5) is 12.4. The standard InChI is InChI=1S/C22H26ClNO3/c1-15-6-11-20-18(13-15)19(14-22(2,3)27-20)24-21(25)5-4-12-26-17-9-7-16(23)8-10-17/h6-11,13,19H,4-5,12,14H2,1-3H3,(H,24,25)/t19-/m1/s1. The zero-order valence-electron chi connectivity index (χ0n) is 16.0. The molecule has 1 heterocycles. The monoisotopic (exact) mass is 387 g/mol. The van der Waals surface area contributed by atoms with Crippen LogP contribution in [0.15, 0.2) is 42.5 Å². The minimum absolute atomic E-state index is 0.0323. The van der Waals surface area contributed by atoms with E-state index >= 15 is 0 Å². The molecule has 0 fully saturated rings. The summed E-state index contributed by atoms with van der Waals surface area (Å²) in [5.41, 5.74) is 1.91. The van der Waals surface area contributed by atoms with Gasteiger partial charge in [-0.3, -0.25) is 4.79 Å². The predicted molar refractivity (Wildman–Crippen MR) is 108 cm³/mol. The van der Waals surface area contributed by atoms with Crippen molar-refractivity contribution in [1.29, 1.82) is 0 Å². The highest BCUT2D eigenvalue weighted by Crippen LogP contribution is 2.39. The SMILES string of the molecule is Cc1ccc2c(c1)[C@H](NC(=O)CCCOc1ccc(Cl)cc1)CC(C)(C)O2. The van der Waals surface area contributed by atoms with Gasteiger partial charge in [-0.05, 0) is 57.5 Å². The van der Waals surface area contributed by atoms with Gasteiger partial charge in [0.05, 0.1) is 12.6 Å². The Labute approximate surface area is 165 Å². The Morgan fingerprint density at radius 1 is 1.26 bits per heavy atom. The minimum atomic E-state index is -0.308. The van der Waals surface area contributed by atoms with Crippen LogP contribution in [0.4, 0.5) is 0 Å². The average molecular weight is 388 g/mol. The lowest BCUT2D eigenvalue weighted by molar-refractivity contribution is -0.122. The van der Waals surface area contributed by atoms with Gasteiger partial charge in [0.2, 0.25) is 5.91 Å². The van der Waals surface area contributed by atoms with Gasteiger partial charge in [0, 0.05) is 23.4 Å². The molecule has 144 valence electrons. The Morgan fingerprint density at radius 2 is 2.00 bits per heavy atom. The number of fused-ring (bicyclic) bond motifs is 1. The number of rotatable bonds is 6. The topological polar surface area (TPSA) is 47.6 Å². The fourth-order valence-electron chi connectivity index (χ4n) is 3.32. The Balaban J connectivity index is 1.53. The summed E-state index contributed by atoms with van der Waals surface area (Å²) in [5.74, 6) is 1.65. The van der Waals surface area contributed by atoms with Crippen LogP contribution in [-0.2, 0) is 4.79 Å². The van der Waals surface area contributed by atoms with Crippen molar-refractivity contribution in [2.24, 2.45) is 0 Å². The number of ether oxygens (including phenoxy) is 2. The number of aryl methyl sites for hydroxylation is 1. The van der Waals surface area contributed by atoms with Crippen LogP contribution in [-0.4, -0.2) is 18.1 Å². The van der Waals surface area contributed by atoms with Crippen molar-refractivity contribution in [3.63, 3.8) is 0 Å². The second kappa shape index (κ2) is 8.22. The molecule has 1 amide bonds. The molecule has 0 bridgehead atoms. The maximum atomic E-state index is 12.4. The number of carbonyl (C=O) groups is 1. The third-order valence-electron chi connectivity index (χ3n) is 4.59. The molecule has 27 heavy (non-hydrogen) atoms. The van der Waals surface area contributed by atoms with Crippen molar-refractivity contribution in [3.05, 3.63) is 58.6 Å². The Bertz CT molecular complexity index is 802. The Hall–Kier alpha value is -2.20. The first-order valence-electron chi connectivity index (χ1n) is 9.30.